The first-order valence-electron chi connectivity index (χ1n) is 7.52. The molecule has 3 aliphatic rings. The normalized spacial score (nSPS) is 29.8. The number of hydrogen-bond acceptors (Lipinski definition) is 4. The van der Waals surface area contributed by atoms with Gasteiger partial charge < -0.3 is 4.90 Å². The van der Waals surface area contributed by atoms with Gasteiger partial charge in [0.05, 0.1) is 11.9 Å². The lowest BCUT2D eigenvalue weighted by Crippen LogP contribution is -2.34. The molecular formula is C15H20N4O. The first-order chi connectivity index (χ1) is 9.70. The molecule has 2 atom stereocenters. The van der Waals surface area contributed by atoms with Gasteiger partial charge in [-0.15, -0.1) is 0 Å². The van der Waals surface area contributed by atoms with E-state index < -0.39 is 0 Å². The van der Waals surface area contributed by atoms with Crippen LogP contribution in [0.15, 0.2) is 12.4 Å². The third-order valence-electron chi connectivity index (χ3n) is 4.87. The molecule has 2 aliphatic heterocycles. The summed E-state index contributed by atoms with van der Waals surface area (Å²) in [4.78, 5) is 25.4. The number of carbonyl (C=O) groups is 1. The molecule has 2 saturated heterocycles. The maximum atomic E-state index is 12.4. The predicted molar refractivity (Wildman–Crippen MR) is 74.2 cm³/mol. The van der Waals surface area contributed by atoms with E-state index in [-0.39, 0.29) is 5.91 Å². The molecule has 2 unspecified atom stereocenters. The van der Waals surface area contributed by atoms with Crippen LogP contribution in [0.3, 0.4) is 0 Å². The maximum Gasteiger partial charge on any atom is 0.274 e. The smallest absolute Gasteiger partial charge is 0.274 e. The topological polar surface area (TPSA) is 49.3 Å². The molecule has 0 radical (unpaired) electrons. The van der Waals surface area contributed by atoms with Crippen LogP contribution in [0.25, 0.3) is 0 Å². The molecule has 0 bridgehead atoms. The molecule has 106 valence electrons. The number of nitrogens with zero attached hydrogens (tertiary/aromatic N) is 4. The molecule has 3 fully saturated rings. The van der Waals surface area contributed by atoms with Gasteiger partial charge in [0.25, 0.3) is 5.91 Å². The van der Waals surface area contributed by atoms with Crippen LogP contribution in [-0.2, 0) is 0 Å². The van der Waals surface area contributed by atoms with Crippen LogP contribution in [0.4, 0.5) is 0 Å². The number of likely N-dealkylation sites (tertiary alicyclic amines) is 2. The largest absolute Gasteiger partial charge is 0.337 e. The second-order valence-corrected chi connectivity index (χ2v) is 6.46. The van der Waals surface area contributed by atoms with E-state index in [9.17, 15) is 4.79 Å². The lowest BCUT2D eigenvalue weighted by molar-refractivity contribution is 0.0767. The Morgan fingerprint density at radius 2 is 1.80 bits per heavy atom. The molecule has 0 spiro atoms. The molecule has 20 heavy (non-hydrogen) atoms. The van der Waals surface area contributed by atoms with Crippen LogP contribution in [0.1, 0.15) is 29.0 Å². The molecule has 1 amide bonds. The maximum absolute atomic E-state index is 12.4. The van der Waals surface area contributed by atoms with Gasteiger partial charge in [-0.3, -0.25) is 14.7 Å². The monoisotopic (exact) mass is 272 g/mol. The summed E-state index contributed by atoms with van der Waals surface area (Å²) in [7, 11) is 0. The SMILES string of the molecule is Cc1cnc(C(=O)N2CC3CN(C4CC4)CC3C2)cn1. The van der Waals surface area contributed by atoms with Gasteiger partial charge in [0.2, 0.25) is 0 Å². The van der Waals surface area contributed by atoms with Gasteiger partial charge in [0, 0.05) is 38.4 Å². The zero-order valence-electron chi connectivity index (χ0n) is 11.8. The van der Waals surface area contributed by atoms with Gasteiger partial charge >= 0.3 is 0 Å². The minimum absolute atomic E-state index is 0.0462. The second kappa shape index (κ2) is 4.52. The fourth-order valence-electron chi connectivity index (χ4n) is 3.60. The average molecular weight is 272 g/mol. The fourth-order valence-corrected chi connectivity index (χ4v) is 3.60. The van der Waals surface area contributed by atoms with Crippen molar-refractivity contribution in [3.63, 3.8) is 0 Å². The first-order valence-corrected chi connectivity index (χ1v) is 7.52. The van der Waals surface area contributed by atoms with Crippen molar-refractivity contribution in [1.82, 2.24) is 19.8 Å². The van der Waals surface area contributed by atoms with Gasteiger partial charge in [0.1, 0.15) is 5.69 Å². The summed E-state index contributed by atoms with van der Waals surface area (Å²) >= 11 is 0. The number of carbonyl (C=O) groups excluding carboxylic acids is 1. The quantitative estimate of drug-likeness (QED) is 0.804. The Kier molecular flexibility index (Phi) is 2.77. The van der Waals surface area contributed by atoms with Crippen molar-refractivity contribution in [2.75, 3.05) is 26.2 Å². The van der Waals surface area contributed by atoms with E-state index in [0.717, 1.165) is 24.8 Å². The second-order valence-electron chi connectivity index (χ2n) is 6.46. The first kappa shape index (κ1) is 12.3. The molecule has 1 aliphatic carbocycles. The van der Waals surface area contributed by atoms with E-state index in [1.807, 2.05) is 11.8 Å². The highest BCUT2D eigenvalue weighted by Gasteiger charge is 2.45. The molecule has 0 N–H and O–H groups in total. The molecule has 5 nitrogen and oxygen atoms in total. The molecule has 0 aromatic carbocycles. The number of aryl methyl sites for hydroxylation is 1. The van der Waals surface area contributed by atoms with Crippen LogP contribution < -0.4 is 0 Å². The van der Waals surface area contributed by atoms with Crippen molar-refractivity contribution in [2.24, 2.45) is 11.8 Å². The zero-order chi connectivity index (χ0) is 13.7. The molecule has 1 aromatic rings. The Bertz CT molecular complexity index is 511. The Morgan fingerprint density at radius 1 is 1.10 bits per heavy atom. The molecule has 3 heterocycles. The van der Waals surface area contributed by atoms with Crippen molar-refractivity contribution in [2.45, 2.75) is 25.8 Å². The molecular weight excluding hydrogens is 252 g/mol. The lowest BCUT2D eigenvalue weighted by atomic mass is 10.0. The molecule has 1 saturated carbocycles. The van der Waals surface area contributed by atoms with Gasteiger partial charge in [-0.1, -0.05) is 0 Å². The third kappa shape index (κ3) is 2.10. The van der Waals surface area contributed by atoms with Crippen LogP contribution in [0.2, 0.25) is 0 Å². The summed E-state index contributed by atoms with van der Waals surface area (Å²) in [5.74, 6) is 1.38. The summed E-state index contributed by atoms with van der Waals surface area (Å²) in [6.45, 7) is 6.02. The highest BCUT2D eigenvalue weighted by molar-refractivity contribution is 5.92. The summed E-state index contributed by atoms with van der Waals surface area (Å²) < 4.78 is 0. The van der Waals surface area contributed by atoms with Gasteiger partial charge in [0.15, 0.2) is 0 Å². The highest BCUT2D eigenvalue weighted by atomic mass is 16.2. The Balaban J connectivity index is 1.42. The summed E-state index contributed by atoms with van der Waals surface area (Å²) in [5, 5.41) is 0. The fraction of sp³-hybridized carbons (Fsp3) is 0.667. The van der Waals surface area contributed by atoms with Crippen molar-refractivity contribution in [3.8, 4) is 0 Å². The van der Waals surface area contributed by atoms with E-state index in [1.165, 1.54) is 25.9 Å². The van der Waals surface area contributed by atoms with Crippen LogP contribution >= 0.6 is 0 Å². The van der Waals surface area contributed by atoms with Crippen LogP contribution in [0.5, 0.6) is 0 Å². The van der Waals surface area contributed by atoms with Crippen molar-refractivity contribution < 1.29 is 4.79 Å². The standard InChI is InChI=1S/C15H20N4O/c1-10-4-17-14(5-16-10)15(20)19-8-11-6-18(13-2-3-13)7-12(11)9-19/h4-5,11-13H,2-3,6-9H2,1H3. The van der Waals surface area contributed by atoms with E-state index in [2.05, 4.69) is 14.9 Å². The van der Waals surface area contributed by atoms with E-state index in [0.29, 0.717) is 17.5 Å². The zero-order valence-corrected chi connectivity index (χ0v) is 11.8. The Labute approximate surface area is 119 Å². The van der Waals surface area contributed by atoms with Crippen LogP contribution in [-0.4, -0.2) is 57.9 Å². The van der Waals surface area contributed by atoms with Crippen molar-refractivity contribution >= 4 is 5.91 Å². The highest BCUT2D eigenvalue weighted by Crippen LogP contribution is 2.38. The number of amides is 1. The van der Waals surface area contributed by atoms with E-state index >= 15 is 0 Å². The Morgan fingerprint density at radius 3 is 2.35 bits per heavy atom. The minimum Gasteiger partial charge on any atom is -0.337 e. The van der Waals surface area contributed by atoms with Crippen molar-refractivity contribution in [1.29, 1.82) is 0 Å². The summed E-state index contributed by atoms with van der Waals surface area (Å²) in [5.41, 5.74) is 1.33. The number of aromatic nitrogens is 2. The molecule has 5 heteroatoms. The average Bonchev–Trinajstić information content (AvgIpc) is 3.10. The number of fused-ring (bicyclic) bond motifs is 1. The predicted octanol–water partition coefficient (Wildman–Crippen LogP) is 0.951. The molecule has 4 rings (SSSR count). The van der Waals surface area contributed by atoms with E-state index in [4.69, 9.17) is 0 Å². The number of rotatable bonds is 2. The van der Waals surface area contributed by atoms with Gasteiger partial charge in [-0.05, 0) is 31.6 Å². The lowest BCUT2D eigenvalue weighted by Gasteiger charge is -2.21. The van der Waals surface area contributed by atoms with Gasteiger partial charge in [-0.2, -0.15) is 0 Å². The van der Waals surface area contributed by atoms with Gasteiger partial charge in [-0.25, -0.2) is 4.98 Å². The third-order valence-corrected chi connectivity index (χ3v) is 4.87. The molecule has 1 aromatic heterocycles. The summed E-state index contributed by atoms with van der Waals surface area (Å²) in [6, 6.07) is 0.854. The Hall–Kier alpha value is -1.49. The van der Waals surface area contributed by atoms with Crippen LogP contribution in [0, 0.1) is 18.8 Å². The van der Waals surface area contributed by atoms with Crippen molar-refractivity contribution in [3.05, 3.63) is 23.8 Å². The summed E-state index contributed by atoms with van der Waals surface area (Å²) in [6.07, 6.45) is 6.02. The van der Waals surface area contributed by atoms with E-state index in [1.54, 1.807) is 12.4 Å². The number of hydrogen-bond donors (Lipinski definition) is 0. The minimum atomic E-state index is 0.0462.